The molecule has 0 aliphatic heterocycles. The highest BCUT2D eigenvalue weighted by Crippen LogP contribution is 2.10. The quantitative estimate of drug-likeness (QED) is 0.597. The predicted molar refractivity (Wildman–Crippen MR) is 103 cm³/mol. The van der Waals surface area contributed by atoms with Gasteiger partial charge in [-0.3, -0.25) is 9.59 Å². The van der Waals surface area contributed by atoms with Gasteiger partial charge in [0.2, 0.25) is 21.8 Å². The summed E-state index contributed by atoms with van der Waals surface area (Å²) in [4.78, 5) is 23.7. The third-order valence-electron chi connectivity index (χ3n) is 3.78. The van der Waals surface area contributed by atoms with Gasteiger partial charge in [-0.25, -0.2) is 13.1 Å². The first-order valence-electron chi connectivity index (χ1n) is 8.48. The monoisotopic (exact) mass is 389 g/mol. The lowest BCUT2D eigenvalue weighted by Crippen LogP contribution is -2.42. The molecule has 0 bridgehead atoms. The summed E-state index contributed by atoms with van der Waals surface area (Å²) in [5.74, 6) is -1.14. The third-order valence-corrected chi connectivity index (χ3v) is 5.07. The van der Waals surface area contributed by atoms with Crippen LogP contribution in [0.4, 0.5) is 0 Å². The molecule has 0 aliphatic carbocycles. The summed E-state index contributed by atoms with van der Waals surface area (Å²) in [6.45, 7) is 1.19. The van der Waals surface area contributed by atoms with Gasteiger partial charge >= 0.3 is 0 Å². The average Bonchev–Trinajstić information content (AvgIpc) is 2.66. The molecule has 2 rings (SSSR count). The molecule has 0 saturated carbocycles. The first-order chi connectivity index (χ1) is 12.9. The minimum absolute atomic E-state index is 0.194. The van der Waals surface area contributed by atoms with E-state index in [1.54, 1.807) is 30.3 Å². The number of sulfonamides is 1. The molecule has 1 unspecified atom stereocenters. The van der Waals surface area contributed by atoms with Crippen LogP contribution in [0.2, 0.25) is 0 Å². The minimum Gasteiger partial charge on any atom is -0.348 e. The molecule has 0 spiro atoms. The smallest absolute Gasteiger partial charge is 0.239 e. The molecule has 0 saturated heterocycles. The number of nitrogens with one attached hydrogen (secondary N) is 3. The van der Waals surface area contributed by atoms with E-state index in [4.69, 9.17) is 0 Å². The van der Waals surface area contributed by atoms with Crippen molar-refractivity contribution in [3.63, 3.8) is 0 Å². The van der Waals surface area contributed by atoms with Crippen LogP contribution in [0.1, 0.15) is 24.1 Å². The average molecular weight is 389 g/mol. The topological polar surface area (TPSA) is 104 Å². The van der Waals surface area contributed by atoms with E-state index in [1.165, 1.54) is 0 Å². The molecule has 0 radical (unpaired) electrons. The van der Waals surface area contributed by atoms with Crippen molar-refractivity contribution in [2.24, 2.45) is 0 Å². The molecule has 1 atom stereocenters. The maximum Gasteiger partial charge on any atom is 0.239 e. The van der Waals surface area contributed by atoms with E-state index in [0.29, 0.717) is 5.56 Å². The number of carbonyl (C=O) groups is 2. The van der Waals surface area contributed by atoms with Crippen molar-refractivity contribution in [1.82, 2.24) is 15.4 Å². The number of amides is 2. The Morgan fingerprint density at radius 2 is 1.48 bits per heavy atom. The van der Waals surface area contributed by atoms with E-state index in [9.17, 15) is 18.0 Å². The van der Waals surface area contributed by atoms with Crippen LogP contribution >= 0.6 is 0 Å². The molecule has 27 heavy (non-hydrogen) atoms. The van der Waals surface area contributed by atoms with Gasteiger partial charge in [0, 0.05) is 0 Å². The first kappa shape index (κ1) is 20.6. The second-order valence-corrected chi connectivity index (χ2v) is 7.85. The molecule has 0 aliphatic rings. The Morgan fingerprint density at radius 3 is 2.11 bits per heavy atom. The van der Waals surface area contributed by atoms with Gasteiger partial charge in [0.05, 0.1) is 24.9 Å². The third kappa shape index (κ3) is 7.59. The Morgan fingerprint density at radius 1 is 0.889 bits per heavy atom. The van der Waals surface area contributed by atoms with Crippen LogP contribution in [0, 0.1) is 0 Å². The first-order valence-corrected chi connectivity index (χ1v) is 10.1. The molecule has 2 amide bonds. The number of hydrogen-bond donors (Lipinski definition) is 3. The van der Waals surface area contributed by atoms with E-state index in [0.717, 1.165) is 5.56 Å². The van der Waals surface area contributed by atoms with Crippen molar-refractivity contribution in [1.29, 1.82) is 0 Å². The zero-order valence-electron chi connectivity index (χ0n) is 15.0. The van der Waals surface area contributed by atoms with Gasteiger partial charge in [0.15, 0.2) is 0 Å². The van der Waals surface area contributed by atoms with E-state index in [2.05, 4.69) is 15.4 Å². The van der Waals surface area contributed by atoms with Gasteiger partial charge in [0.25, 0.3) is 0 Å². The number of carbonyl (C=O) groups excluding carboxylic acids is 2. The summed E-state index contributed by atoms with van der Waals surface area (Å²) in [6.07, 6.45) is 0. The van der Waals surface area contributed by atoms with E-state index < -0.39 is 22.5 Å². The molecular formula is C19H23N3O4S. The lowest BCUT2D eigenvalue weighted by Gasteiger charge is -2.14. The van der Waals surface area contributed by atoms with Crippen LogP contribution in [0.15, 0.2) is 60.7 Å². The maximum atomic E-state index is 12.0. The molecule has 8 heteroatoms. The van der Waals surface area contributed by atoms with Gasteiger partial charge in [-0.05, 0) is 18.1 Å². The fourth-order valence-corrected chi connectivity index (χ4v) is 3.46. The fourth-order valence-electron chi connectivity index (χ4n) is 2.38. The Hall–Kier alpha value is -2.71. The van der Waals surface area contributed by atoms with Gasteiger partial charge in [-0.1, -0.05) is 60.7 Å². The minimum atomic E-state index is -3.63. The van der Waals surface area contributed by atoms with Gasteiger partial charge in [0.1, 0.15) is 0 Å². The molecule has 2 aromatic rings. The zero-order valence-corrected chi connectivity index (χ0v) is 15.8. The van der Waals surface area contributed by atoms with Crippen molar-refractivity contribution < 1.29 is 18.0 Å². The van der Waals surface area contributed by atoms with Gasteiger partial charge in [-0.2, -0.15) is 0 Å². The highest BCUT2D eigenvalue weighted by molar-refractivity contribution is 7.88. The van der Waals surface area contributed by atoms with E-state index in [-0.39, 0.29) is 24.2 Å². The van der Waals surface area contributed by atoms with Crippen LogP contribution in [-0.4, -0.2) is 33.3 Å². The summed E-state index contributed by atoms with van der Waals surface area (Å²) in [6, 6.07) is 17.9. The van der Waals surface area contributed by atoms with Crippen molar-refractivity contribution in [2.75, 3.05) is 13.1 Å². The molecule has 2 aromatic carbocycles. The van der Waals surface area contributed by atoms with E-state index >= 15 is 0 Å². The molecule has 144 valence electrons. The van der Waals surface area contributed by atoms with Gasteiger partial charge in [-0.15, -0.1) is 0 Å². The number of rotatable bonds is 9. The maximum absolute atomic E-state index is 12.0. The van der Waals surface area contributed by atoms with Gasteiger partial charge < -0.3 is 10.6 Å². The summed E-state index contributed by atoms with van der Waals surface area (Å²) in [5.41, 5.74) is 1.57. The Labute approximate surface area is 159 Å². The molecule has 0 heterocycles. The van der Waals surface area contributed by atoms with Crippen molar-refractivity contribution in [3.8, 4) is 0 Å². The van der Waals surface area contributed by atoms with Crippen molar-refractivity contribution >= 4 is 21.8 Å². The lowest BCUT2D eigenvalue weighted by molar-refractivity contribution is -0.125. The SMILES string of the molecule is CC(NC(=O)CNC(=O)CNS(=O)(=O)Cc1ccccc1)c1ccccc1. The van der Waals surface area contributed by atoms with Crippen LogP contribution in [-0.2, 0) is 25.4 Å². The summed E-state index contributed by atoms with van der Waals surface area (Å²) in [5, 5.41) is 5.16. The Kier molecular flexibility index (Phi) is 7.51. The highest BCUT2D eigenvalue weighted by atomic mass is 32.2. The molecule has 0 fully saturated rings. The normalized spacial score (nSPS) is 12.2. The van der Waals surface area contributed by atoms with Crippen molar-refractivity contribution in [3.05, 3.63) is 71.8 Å². The Balaban J connectivity index is 1.71. The Bertz CT molecular complexity index is 855. The second-order valence-electron chi connectivity index (χ2n) is 6.04. The number of benzene rings is 2. The van der Waals surface area contributed by atoms with E-state index in [1.807, 2.05) is 37.3 Å². The van der Waals surface area contributed by atoms with Crippen LogP contribution in [0.5, 0.6) is 0 Å². The standard InChI is InChI=1S/C19H23N3O4S/c1-15(17-10-6-3-7-11-17)22-19(24)12-20-18(23)13-21-27(25,26)14-16-8-4-2-5-9-16/h2-11,15,21H,12-14H2,1H3,(H,20,23)(H,22,24). The second kappa shape index (κ2) is 9.84. The fraction of sp³-hybridized carbons (Fsp3) is 0.263. The lowest BCUT2D eigenvalue weighted by atomic mass is 10.1. The summed E-state index contributed by atoms with van der Waals surface area (Å²) < 4.78 is 26.2. The summed E-state index contributed by atoms with van der Waals surface area (Å²) >= 11 is 0. The number of hydrogen-bond acceptors (Lipinski definition) is 4. The zero-order chi connectivity index (χ0) is 19.7. The van der Waals surface area contributed by atoms with Crippen LogP contribution in [0.25, 0.3) is 0 Å². The molecule has 3 N–H and O–H groups in total. The highest BCUT2D eigenvalue weighted by Gasteiger charge is 2.14. The molecule has 7 nitrogen and oxygen atoms in total. The van der Waals surface area contributed by atoms with Crippen LogP contribution in [0.3, 0.4) is 0 Å². The summed E-state index contributed by atoms with van der Waals surface area (Å²) in [7, 11) is -3.63. The molecule has 0 aromatic heterocycles. The predicted octanol–water partition coefficient (Wildman–Crippen LogP) is 1.10. The van der Waals surface area contributed by atoms with Crippen molar-refractivity contribution in [2.45, 2.75) is 18.7 Å². The molecular weight excluding hydrogens is 366 g/mol. The van der Waals surface area contributed by atoms with Crippen LogP contribution < -0.4 is 15.4 Å². The largest absolute Gasteiger partial charge is 0.348 e.